The zero-order chi connectivity index (χ0) is 16.5. The summed E-state index contributed by atoms with van der Waals surface area (Å²) >= 11 is 0. The minimum Gasteiger partial charge on any atom is -0.0683 e. The van der Waals surface area contributed by atoms with Gasteiger partial charge in [0.2, 0.25) is 0 Å². The van der Waals surface area contributed by atoms with Crippen molar-refractivity contribution in [1.29, 1.82) is 0 Å². The van der Waals surface area contributed by atoms with Crippen molar-refractivity contribution in [2.45, 2.75) is 20.8 Å². The summed E-state index contributed by atoms with van der Waals surface area (Å²) in [5.41, 5.74) is 1.35. The van der Waals surface area contributed by atoms with Crippen molar-refractivity contribution < 1.29 is 0 Å². The third-order valence-electron chi connectivity index (χ3n) is 3.67. The van der Waals surface area contributed by atoms with Gasteiger partial charge in [-0.15, -0.1) is 0 Å². The number of hydrogen-bond acceptors (Lipinski definition) is 0. The van der Waals surface area contributed by atoms with E-state index in [2.05, 4.69) is 97.9 Å². The van der Waals surface area contributed by atoms with Gasteiger partial charge >= 0.3 is 0 Å². The summed E-state index contributed by atoms with van der Waals surface area (Å²) in [5, 5.41) is 5.30. The van der Waals surface area contributed by atoms with Crippen LogP contribution in [0.2, 0.25) is 0 Å². The number of aryl methyl sites for hydroxylation is 1. The molecule has 0 aliphatic heterocycles. The highest BCUT2D eigenvalue weighted by Crippen LogP contribution is 2.16. The van der Waals surface area contributed by atoms with Crippen molar-refractivity contribution in [3.63, 3.8) is 0 Å². The molecule has 23 heavy (non-hydrogen) atoms. The molecule has 0 aliphatic rings. The van der Waals surface area contributed by atoms with Crippen LogP contribution < -0.4 is 0 Å². The summed E-state index contributed by atoms with van der Waals surface area (Å²) in [6, 6.07) is 31.5. The lowest BCUT2D eigenvalue weighted by atomic mass is 10.1. The van der Waals surface area contributed by atoms with Crippen LogP contribution in [0, 0.1) is 6.92 Å². The van der Waals surface area contributed by atoms with Crippen LogP contribution in [0.4, 0.5) is 0 Å². The van der Waals surface area contributed by atoms with E-state index in [1.54, 1.807) is 0 Å². The van der Waals surface area contributed by atoms with E-state index in [-0.39, 0.29) is 0 Å². The first-order valence-corrected chi connectivity index (χ1v) is 8.23. The Kier molecular flexibility index (Phi) is 6.38. The van der Waals surface area contributed by atoms with Crippen molar-refractivity contribution in [2.75, 3.05) is 0 Å². The van der Waals surface area contributed by atoms with Gasteiger partial charge in [-0.3, -0.25) is 0 Å². The molecule has 0 amide bonds. The quantitative estimate of drug-likeness (QED) is 0.327. The van der Waals surface area contributed by atoms with Gasteiger partial charge in [0.05, 0.1) is 0 Å². The molecule has 0 nitrogen and oxygen atoms in total. The largest absolute Gasteiger partial charge is 0.0683 e. The molecule has 0 N–H and O–H groups in total. The summed E-state index contributed by atoms with van der Waals surface area (Å²) in [6.07, 6.45) is 0. The smallest absolute Gasteiger partial charge is 0.0155 e. The van der Waals surface area contributed by atoms with Crippen LogP contribution in [0.5, 0.6) is 0 Å². The molecule has 0 heteroatoms. The molecule has 0 fully saturated rings. The average molecular weight is 300 g/mol. The molecule has 0 aliphatic carbocycles. The predicted octanol–water partition coefficient (Wildman–Crippen LogP) is 7.01. The molecule has 0 radical (unpaired) electrons. The van der Waals surface area contributed by atoms with E-state index in [0.717, 1.165) is 0 Å². The Morgan fingerprint density at radius 2 is 0.826 bits per heavy atom. The fourth-order valence-corrected chi connectivity index (χ4v) is 2.52. The summed E-state index contributed by atoms with van der Waals surface area (Å²) in [6.45, 7) is 6.14. The molecule has 0 unspecified atom stereocenters. The lowest BCUT2D eigenvalue weighted by molar-refractivity contribution is 1.50. The third kappa shape index (κ3) is 4.43. The molecule has 0 aromatic heterocycles. The minimum absolute atomic E-state index is 1.31. The lowest BCUT2D eigenvalue weighted by Crippen LogP contribution is -1.75. The van der Waals surface area contributed by atoms with Gasteiger partial charge in [-0.1, -0.05) is 105 Å². The zero-order valence-electron chi connectivity index (χ0n) is 14.2. The predicted molar refractivity (Wildman–Crippen MR) is 104 cm³/mol. The van der Waals surface area contributed by atoms with Gasteiger partial charge in [0, 0.05) is 0 Å². The molecule has 0 saturated carbocycles. The van der Waals surface area contributed by atoms with Crippen molar-refractivity contribution >= 4 is 21.5 Å². The van der Waals surface area contributed by atoms with Crippen LogP contribution >= 0.6 is 0 Å². The van der Waals surface area contributed by atoms with Crippen LogP contribution in [-0.4, -0.2) is 0 Å². The number of benzene rings is 4. The van der Waals surface area contributed by atoms with Gasteiger partial charge < -0.3 is 0 Å². The van der Waals surface area contributed by atoms with E-state index in [1.807, 2.05) is 13.8 Å². The molecule has 0 bridgehead atoms. The first kappa shape index (κ1) is 16.8. The summed E-state index contributed by atoms with van der Waals surface area (Å²) < 4.78 is 0. The Hall–Kier alpha value is -2.60. The second-order valence-corrected chi connectivity index (χ2v) is 5.14. The Labute approximate surface area is 139 Å². The second-order valence-electron chi connectivity index (χ2n) is 5.14. The molecule has 4 aromatic rings. The first-order chi connectivity index (χ1) is 11.3. The number of hydrogen-bond donors (Lipinski definition) is 0. The molecule has 0 heterocycles. The van der Waals surface area contributed by atoms with Crippen LogP contribution in [-0.2, 0) is 0 Å². The highest BCUT2D eigenvalue weighted by molar-refractivity contribution is 5.85. The van der Waals surface area contributed by atoms with Crippen LogP contribution in [0.15, 0.2) is 91.0 Å². The monoisotopic (exact) mass is 300 g/mol. The maximum Gasteiger partial charge on any atom is -0.0155 e. The normalized spacial score (nSPS) is 9.52. The summed E-state index contributed by atoms with van der Waals surface area (Å²) in [4.78, 5) is 0. The third-order valence-corrected chi connectivity index (χ3v) is 3.67. The Bertz CT molecular complexity index is 789. The lowest BCUT2D eigenvalue weighted by Gasteiger charge is -1.98. The van der Waals surface area contributed by atoms with E-state index in [4.69, 9.17) is 0 Å². The van der Waals surface area contributed by atoms with Gasteiger partial charge in [0.25, 0.3) is 0 Å². The van der Waals surface area contributed by atoms with Crippen LogP contribution in [0.25, 0.3) is 21.5 Å². The molecular formula is C23H24. The van der Waals surface area contributed by atoms with Gasteiger partial charge in [0.1, 0.15) is 0 Å². The molecule has 116 valence electrons. The fourth-order valence-electron chi connectivity index (χ4n) is 2.52. The van der Waals surface area contributed by atoms with E-state index in [1.165, 1.54) is 27.1 Å². The highest BCUT2D eigenvalue weighted by atomic mass is 14.0. The van der Waals surface area contributed by atoms with Gasteiger partial charge in [-0.05, 0) is 34.0 Å². The first-order valence-electron chi connectivity index (χ1n) is 8.23. The maximum atomic E-state index is 2.16. The maximum absolute atomic E-state index is 2.16. The minimum atomic E-state index is 1.31. The van der Waals surface area contributed by atoms with E-state index in [9.17, 15) is 0 Å². The Morgan fingerprint density at radius 1 is 0.435 bits per heavy atom. The SMILES string of the molecule is CC.Cc1cccc2ccccc12.c1ccc2ccccc2c1. The summed E-state index contributed by atoms with van der Waals surface area (Å²) in [7, 11) is 0. The standard InChI is InChI=1S/C11H10.C10H8.C2H6/c1-9-5-4-7-10-6-2-3-8-11(9)10;1-2-6-10-8-4-3-7-9(10)5-1;1-2/h2-8H,1H3;1-8H;1-2H3. The van der Waals surface area contributed by atoms with E-state index in [0.29, 0.717) is 0 Å². The fraction of sp³-hybridized carbons (Fsp3) is 0.130. The van der Waals surface area contributed by atoms with Gasteiger partial charge in [-0.25, -0.2) is 0 Å². The van der Waals surface area contributed by atoms with Crippen molar-refractivity contribution in [2.24, 2.45) is 0 Å². The molecule has 0 spiro atoms. The molecule has 0 atom stereocenters. The number of rotatable bonds is 0. The number of fused-ring (bicyclic) bond motifs is 2. The summed E-state index contributed by atoms with van der Waals surface area (Å²) in [5.74, 6) is 0. The van der Waals surface area contributed by atoms with E-state index >= 15 is 0 Å². The average Bonchev–Trinajstić information content (AvgIpc) is 2.65. The molecule has 4 aromatic carbocycles. The van der Waals surface area contributed by atoms with Crippen LogP contribution in [0.3, 0.4) is 0 Å². The van der Waals surface area contributed by atoms with Crippen molar-refractivity contribution in [3.8, 4) is 0 Å². The highest BCUT2D eigenvalue weighted by Gasteiger charge is 1.92. The Balaban J connectivity index is 0.000000152. The van der Waals surface area contributed by atoms with Gasteiger partial charge in [0.15, 0.2) is 0 Å². The van der Waals surface area contributed by atoms with E-state index < -0.39 is 0 Å². The molecule has 0 saturated heterocycles. The topological polar surface area (TPSA) is 0 Å². The van der Waals surface area contributed by atoms with Crippen molar-refractivity contribution in [1.82, 2.24) is 0 Å². The molecular weight excluding hydrogens is 276 g/mol. The molecule has 4 rings (SSSR count). The zero-order valence-corrected chi connectivity index (χ0v) is 14.2. The second kappa shape index (κ2) is 8.75. The Morgan fingerprint density at radius 3 is 1.30 bits per heavy atom. The van der Waals surface area contributed by atoms with Gasteiger partial charge in [-0.2, -0.15) is 0 Å². The van der Waals surface area contributed by atoms with Crippen molar-refractivity contribution in [3.05, 3.63) is 96.6 Å². The van der Waals surface area contributed by atoms with Crippen LogP contribution in [0.1, 0.15) is 19.4 Å².